The lowest BCUT2D eigenvalue weighted by Gasteiger charge is -2.32. The normalized spacial score (nSPS) is 16.8. The molecule has 2 heterocycles. The molecule has 0 unspecified atom stereocenters. The van der Waals surface area contributed by atoms with E-state index in [2.05, 4.69) is 4.98 Å². The predicted molar refractivity (Wildman–Crippen MR) is 109 cm³/mol. The van der Waals surface area contributed by atoms with E-state index in [0.717, 1.165) is 10.6 Å². The Morgan fingerprint density at radius 2 is 1.93 bits per heavy atom. The number of amidine groups is 1. The zero-order chi connectivity index (χ0) is 20.4. The molecule has 0 spiro atoms. The number of amides is 1. The Kier molecular flexibility index (Phi) is 5.96. The lowest BCUT2D eigenvalue weighted by atomic mass is 9.95. The molecule has 2 aromatic rings. The lowest BCUT2D eigenvalue weighted by molar-refractivity contribution is -0.139. The first-order chi connectivity index (χ1) is 13.3. The smallest absolute Gasteiger partial charge is 0.338 e. The number of rotatable bonds is 4. The Morgan fingerprint density at radius 1 is 1.25 bits per heavy atom. The Morgan fingerprint density at radius 3 is 2.46 bits per heavy atom. The van der Waals surface area contributed by atoms with Crippen LogP contribution in [0, 0.1) is 6.92 Å². The number of thiazole rings is 1. The molecule has 1 atom stereocenters. The maximum Gasteiger partial charge on any atom is 0.338 e. The van der Waals surface area contributed by atoms with Crippen LogP contribution in [0.4, 0.5) is 0 Å². The van der Waals surface area contributed by atoms with Crippen molar-refractivity contribution in [2.24, 2.45) is 4.99 Å². The van der Waals surface area contributed by atoms with Gasteiger partial charge < -0.3 is 4.74 Å². The fourth-order valence-corrected chi connectivity index (χ4v) is 3.83. The number of nitrogens with zero attached hydrogens (tertiary/aromatic N) is 3. The third kappa shape index (κ3) is 3.86. The zero-order valence-electron chi connectivity index (χ0n) is 16.0. The van der Waals surface area contributed by atoms with E-state index in [-0.39, 0.29) is 12.5 Å². The zero-order valence-corrected chi connectivity index (χ0v) is 17.6. The number of aromatic nitrogens is 1. The highest BCUT2D eigenvalue weighted by Gasteiger charge is 2.36. The Balaban J connectivity index is 2.21. The second-order valence-corrected chi connectivity index (χ2v) is 7.73. The SMILES string of the molecule is CCOC(=O)C1=C(C)N(C(C)=O)C(c2csc(C)n2)=N[C@@H]1c1ccc(Cl)cc1. The first-order valence-corrected chi connectivity index (χ1v) is 10.0. The van der Waals surface area contributed by atoms with Crippen LogP contribution in [0.5, 0.6) is 0 Å². The number of carbonyl (C=O) groups is 2. The van der Waals surface area contributed by atoms with Crippen molar-refractivity contribution in [3.05, 3.63) is 62.2 Å². The molecule has 3 rings (SSSR count). The molecule has 0 fully saturated rings. The summed E-state index contributed by atoms with van der Waals surface area (Å²) >= 11 is 7.49. The highest BCUT2D eigenvalue weighted by Crippen LogP contribution is 2.36. The van der Waals surface area contributed by atoms with E-state index in [1.165, 1.54) is 23.2 Å². The number of hydrogen-bond acceptors (Lipinski definition) is 6. The summed E-state index contributed by atoms with van der Waals surface area (Å²) in [4.78, 5) is 35.9. The summed E-state index contributed by atoms with van der Waals surface area (Å²) < 4.78 is 5.26. The van der Waals surface area contributed by atoms with Gasteiger partial charge in [0.2, 0.25) is 5.91 Å². The van der Waals surface area contributed by atoms with Crippen LogP contribution in [0.15, 0.2) is 45.9 Å². The van der Waals surface area contributed by atoms with Crippen molar-refractivity contribution >= 4 is 40.6 Å². The van der Waals surface area contributed by atoms with Gasteiger partial charge in [0.05, 0.1) is 17.2 Å². The molecule has 1 aromatic carbocycles. The number of hydrogen-bond donors (Lipinski definition) is 0. The molecule has 0 bridgehead atoms. The van der Waals surface area contributed by atoms with Gasteiger partial charge in [-0.05, 0) is 38.5 Å². The Labute approximate surface area is 172 Å². The number of halogens is 1. The van der Waals surface area contributed by atoms with Gasteiger partial charge in [-0.3, -0.25) is 14.7 Å². The molecule has 28 heavy (non-hydrogen) atoms. The van der Waals surface area contributed by atoms with Gasteiger partial charge in [0, 0.05) is 23.0 Å². The number of aliphatic imine (C=N–C) groups is 1. The van der Waals surface area contributed by atoms with Crippen LogP contribution in [0.1, 0.15) is 43.1 Å². The minimum absolute atomic E-state index is 0.227. The largest absolute Gasteiger partial charge is 0.463 e. The van der Waals surface area contributed by atoms with Gasteiger partial charge >= 0.3 is 5.97 Å². The average Bonchev–Trinajstić information content (AvgIpc) is 3.07. The average molecular weight is 418 g/mol. The van der Waals surface area contributed by atoms with Gasteiger partial charge in [-0.15, -0.1) is 11.3 Å². The molecular formula is C20H20ClN3O3S. The molecule has 1 aromatic heterocycles. The third-order valence-corrected chi connectivity index (χ3v) is 5.33. The first-order valence-electron chi connectivity index (χ1n) is 8.77. The molecule has 6 nitrogen and oxygen atoms in total. The number of benzene rings is 1. The van der Waals surface area contributed by atoms with E-state index in [9.17, 15) is 9.59 Å². The number of carbonyl (C=O) groups excluding carboxylic acids is 2. The van der Waals surface area contributed by atoms with Gasteiger partial charge in [0.15, 0.2) is 5.84 Å². The molecule has 1 aliphatic heterocycles. The summed E-state index contributed by atoms with van der Waals surface area (Å²) in [5.41, 5.74) is 2.19. The van der Waals surface area contributed by atoms with Crippen molar-refractivity contribution < 1.29 is 14.3 Å². The van der Waals surface area contributed by atoms with Gasteiger partial charge in [-0.1, -0.05) is 23.7 Å². The maximum absolute atomic E-state index is 12.7. The second-order valence-electron chi connectivity index (χ2n) is 6.23. The molecule has 146 valence electrons. The van der Waals surface area contributed by atoms with Gasteiger partial charge in [-0.25, -0.2) is 9.78 Å². The van der Waals surface area contributed by atoms with Crippen molar-refractivity contribution in [2.45, 2.75) is 33.7 Å². The van der Waals surface area contributed by atoms with Crippen molar-refractivity contribution in [1.29, 1.82) is 0 Å². The fraction of sp³-hybridized carbons (Fsp3) is 0.300. The number of aryl methyl sites for hydroxylation is 1. The lowest BCUT2D eigenvalue weighted by Crippen LogP contribution is -2.40. The Bertz CT molecular complexity index is 979. The summed E-state index contributed by atoms with van der Waals surface area (Å²) in [5.74, 6) is -0.330. The predicted octanol–water partition coefficient (Wildman–Crippen LogP) is 4.29. The quantitative estimate of drug-likeness (QED) is 0.695. The minimum Gasteiger partial charge on any atom is -0.463 e. The van der Waals surface area contributed by atoms with E-state index in [1.807, 2.05) is 24.4 Å². The van der Waals surface area contributed by atoms with E-state index in [0.29, 0.717) is 27.8 Å². The molecule has 8 heteroatoms. The highest BCUT2D eigenvalue weighted by molar-refractivity contribution is 7.09. The van der Waals surface area contributed by atoms with Gasteiger partial charge in [-0.2, -0.15) is 0 Å². The van der Waals surface area contributed by atoms with Crippen molar-refractivity contribution in [3.8, 4) is 0 Å². The van der Waals surface area contributed by atoms with E-state index < -0.39 is 12.0 Å². The van der Waals surface area contributed by atoms with E-state index in [1.54, 1.807) is 26.0 Å². The molecule has 1 amide bonds. The summed E-state index contributed by atoms with van der Waals surface area (Å²) in [5, 5.41) is 3.30. The number of ether oxygens (including phenoxy) is 1. The van der Waals surface area contributed by atoms with Crippen molar-refractivity contribution in [2.75, 3.05) is 6.61 Å². The molecule has 0 radical (unpaired) electrons. The number of allylic oxidation sites excluding steroid dienone is 1. The topological polar surface area (TPSA) is 71.9 Å². The highest BCUT2D eigenvalue weighted by atomic mass is 35.5. The molecule has 1 aliphatic rings. The molecule has 0 aliphatic carbocycles. The minimum atomic E-state index is -0.621. The third-order valence-electron chi connectivity index (χ3n) is 4.31. The standard InChI is InChI=1S/C20H20ClN3O3S/c1-5-27-20(26)17-11(2)24(13(4)25)19(16-10-28-12(3)22-16)23-18(17)14-6-8-15(21)9-7-14/h6-10,18H,5H2,1-4H3/t18-/m1/s1. The fourth-order valence-electron chi connectivity index (χ4n) is 3.11. The molecule has 0 saturated carbocycles. The summed E-state index contributed by atoms with van der Waals surface area (Å²) in [6.45, 7) is 7.02. The maximum atomic E-state index is 12.7. The Hall–Kier alpha value is -2.51. The van der Waals surface area contributed by atoms with Crippen LogP contribution in [0.3, 0.4) is 0 Å². The van der Waals surface area contributed by atoms with E-state index in [4.69, 9.17) is 21.3 Å². The van der Waals surface area contributed by atoms with Gasteiger partial charge in [0.25, 0.3) is 0 Å². The van der Waals surface area contributed by atoms with Crippen LogP contribution in [0.25, 0.3) is 0 Å². The monoisotopic (exact) mass is 417 g/mol. The van der Waals surface area contributed by atoms with Crippen LogP contribution >= 0.6 is 22.9 Å². The van der Waals surface area contributed by atoms with Crippen LogP contribution < -0.4 is 0 Å². The second kappa shape index (κ2) is 8.24. The molecular weight excluding hydrogens is 398 g/mol. The summed E-state index contributed by atoms with van der Waals surface area (Å²) in [6, 6.07) is 6.50. The van der Waals surface area contributed by atoms with E-state index >= 15 is 0 Å². The summed E-state index contributed by atoms with van der Waals surface area (Å²) in [7, 11) is 0. The van der Waals surface area contributed by atoms with Gasteiger partial charge in [0.1, 0.15) is 11.7 Å². The van der Waals surface area contributed by atoms with Crippen molar-refractivity contribution in [1.82, 2.24) is 9.88 Å². The van der Waals surface area contributed by atoms with Crippen LogP contribution in [0.2, 0.25) is 5.02 Å². The van der Waals surface area contributed by atoms with Crippen LogP contribution in [-0.4, -0.2) is 34.2 Å². The first kappa shape index (κ1) is 20.2. The van der Waals surface area contributed by atoms with Crippen molar-refractivity contribution in [3.63, 3.8) is 0 Å². The summed E-state index contributed by atoms with van der Waals surface area (Å²) in [6.07, 6.45) is 0. The molecule has 0 saturated heterocycles. The molecule has 0 N–H and O–H groups in total. The van der Waals surface area contributed by atoms with Crippen LogP contribution in [-0.2, 0) is 14.3 Å². The number of esters is 1.